The fraction of sp³-hybridized carbons (Fsp3) is 0.600. The van der Waals surface area contributed by atoms with Crippen LogP contribution in [0, 0.1) is 35.5 Å². The van der Waals surface area contributed by atoms with E-state index in [9.17, 15) is 33.9 Å². The normalized spacial score (nSPS) is 20.0. The van der Waals surface area contributed by atoms with E-state index in [1.165, 1.54) is 7.11 Å². The van der Waals surface area contributed by atoms with Crippen molar-refractivity contribution in [2.24, 2.45) is 35.5 Å². The second kappa shape index (κ2) is 22.0. The third kappa shape index (κ3) is 16.0. The Bertz CT molecular complexity index is 1830. The van der Waals surface area contributed by atoms with Crippen molar-refractivity contribution in [3.8, 4) is 0 Å². The quantitative estimate of drug-likeness (QED) is 0.145. The average Bonchev–Trinajstić information content (AvgIpc) is 3.77. The molecule has 6 atom stereocenters. The number of esters is 1. The van der Waals surface area contributed by atoms with Crippen LogP contribution in [0.4, 0.5) is 9.59 Å². The van der Waals surface area contributed by atoms with Gasteiger partial charge in [-0.1, -0.05) is 75.2 Å². The molecule has 2 aliphatic rings. The highest BCUT2D eigenvalue weighted by Gasteiger charge is 2.44. The van der Waals surface area contributed by atoms with Crippen LogP contribution in [0.15, 0.2) is 48.5 Å². The van der Waals surface area contributed by atoms with E-state index in [0.717, 1.165) is 11.1 Å². The number of carbonyl (C=O) groups excluding carboxylic acids is 5. The Kier molecular flexibility index (Phi) is 18.3. The van der Waals surface area contributed by atoms with E-state index in [1.807, 2.05) is 64.1 Å². The molecule has 0 spiro atoms. The van der Waals surface area contributed by atoms with Gasteiger partial charge in [0.05, 0.1) is 18.9 Å². The first-order valence-electron chi connectivity index (χ1n) is 20.6. The van der Waals surface area contributed by atoms with E-state index >= 15 is 0 Å². The Balaban J connectivity index is 0.000000325. The van der Waals surface area contributed by atoms with Crippen molar-refractivity contribution < 1.29 is 48.1 Å². The molecule has 4 rings (SSSR count). The Morgan fingerprint density at radius 3 is 1.30 bits per heavy atom. The van der Waals surface area contributed by atoms with Crippen molar-refractivity contribution in [3.05, 3.63) is 69.7 Å². The number of amides is 4. The van der Waals surface area contributed by atoms with Crippen LogP contribution in [0.2, 0.25) is 10.0 Å². The first kappa shape index (κ1) is 50.8. The molecule has 0 aliphatic carbocycles. The zero-order valence-corrected chi connectivity index (χ0v) is 38.8. The molecule has 4 amide bonds. The number of carboxylic acid groups (broad SMARTS) is 1. The van der Waals surface area contributed by atoms with E-state index in [2.05, 4.69) is 10.6 Å². The standard InChI is InChI=1S/C23H33ClN2O5.C22H31ClN2O5/c1-14(2)19(25-22(29)31-23(3,4)5)20(27)26-12-16(18(13-26)21(28)30-6)11-15-7-9-17(24)10-8-15;1-13(2)18(24-21(29)30-22(3,4)5)19(26)25-11-15(17(12-25)20(27)28)10-14-6-8-16(23)9-7-14/h7-10,14,16,18-19H,11-13H2,1-6H3,(H,25,29);6-9,13,15,17-18H,10-12H2,1-5H3,(H,24,29)(H,27,28)/t16-,18-,19-;15-,17-,18-/m00/s1. The molecule has 2 saturated heterocycles. The van der Waals surface area contributed by atoms with Crippen molar-refractivity contribution in [1.82, 2.24) is 20.4 Å². The maximum Gasteiger partial charge on any atom is 0.408 e. The van der Waals surface area contributed by atoms with Gasteiger partial charge in [-0.3, -0.25) is 19.2 Å². The number of nitrogens with one attached hydrogen (secondary N) is 2. The average molecular weight is 892 g/mol. The SMILES string of the molecule is CC(C)[C@H](NC(=O)OC(C)(C)C)C(=O)N1C[C@H](Cc2ccc(Cl)cc2)[C@@H](C(=O)O)C1.COC(=O)[C@H]1CN(C(=O)[C@@H](NC(=O)OC(C)(C)C)C(C)C)C[C@@H]1Cc1ccc(Cl)cc1. The van der Waals surface area contributed by atoms with Crippen molar-refractivity contribution in [2.45, 2.75) is 105 Å². The van der Waals surface area contributed by atoms with Crippen molar-refractivity contribution >= 4 is 59.1 Å². The molecular weight excluding hydrogens is 827 g/mol. The van der Waals surface area contributed by atoms with Gasteiger partial charge in [0, 0.05) is 36.2 Å². The Morgan fingerprint density at radius 2 is 0.984 bits per heavy atom. The zero-order chi connectivity index (χ0) is 46.0. The molecule has 2 fully saturated rings. The van der Waals surface area contributed by atoms with Gasteiger partial charge in [-0.05, 0) is 113 Å². The maximum atomic E-state index is 13.3. The van der Waals surface area contributed by atoms with Crippen LogP contribution in [0.25, 0.3) is 0 Å². The van der Waals surface area contributed by atoms with Crippen LogP contribution < -0.4 is 10.6 Å². The van der Waals surface area contributed by atoms with E-state index in [-0.39, 0.29) is 54.5 Å². The molecule has 0 bridgehead atoms. The molecule has 16 heteroatoms. The Morgan fingerprint density at radius 1 is 0.639 bits per heavy atom. The number of likely N-dealkylation sites (tertiary alicyclic amines) is 2. The fourth-order valence-corrected chi connectivity index (χ4v) is 7.60. The molecule has 2 heterocycles. The number of carbonyl (C=O) groups is 6. The molecule has 0 aromatic heterocycles. The van der Waals surface area contributed by atoms with Gasteiger partial charge in [-0.15, -0.1) is 0 Å². The smallest absolute Gasteiger partial charge is 0.408 e. The van der Waals surface area contributed by atoms with Gasteiger partial charge in [0.1, 0.15) is 23.3 Å². The lowest BCUT2D eigenvalue weighted by molar-refractivity contribution is -0.146. The lowest BCUT2D eigenvalue weighted by Crippen LogP contribution is -2.51. The summed E-state index contributed by atoms with van der Waals surface area (Å²) in [5.74, 6) is -3.52. The van der Waals surface area contributed by atoms with Crippen LogP contribution in [-0.2, 0) is 46.2 Å². The third-order valence-corrected chi connectivity index (χ3v) is 10.9. The minimum absolute atomic E-state index is 0.0908. The predicted octanol–water partition coefficient (Wildman–Crippen LogP) is 7.27. The van der Waals surface area contributed by atoms with E-state index in [1.54, 1.807) is 63.5 Å². The second-order valence-corrected chi connectivity index (χ2v) is 19.4. The molecular formula is C45H64Cl2N4O10. The van der Waals surface area contributed by atoms with E-state index in [4.69, 9.17) is 37.4 Å². The van der Waals surface area contributed by atoms with Gasteiger partial charge >= 0.3 is 24.1 Å². The van der Waals surface area contributed by atoms with Gasteiger partial charge in [-0.25, -0.2) is 9.59 Å². The Hall–Kier alpha value is -4.56. The summed E-state index contributed by atoms with van der Waals surface area (Å²) in [5.41, 5.74) is 0.657. The molecule has 2 aliphatic heterocycles. The van der Waals surface area contributed by atoms with Crippen molar-refractivity contribution in [2.75, 3.05) is 33.3 Å². The summed E-state index contributed by atoms with van der Waals surface area (Å²) >= 11 is 11.9. The molecule has 14 nitrogen and oxygen atoms in total. The lowest BCUT2D eigenvalue weighted by Gasteiger charge is -2.28. The second-order valence-electron chi connectivity index (χ2n) is 18.5. The number of nitrogens with zero attached hydrogens (tertiary/aromatic N) is 2. The number of carboxylic acids is 1. The number of rotatable bonds is 12. The summed E-state index contributed by atoms with van der Waals surface area (Å²) in [7, 11) is 1.35. The van der Waals surface area contributed by atoms with E-state index < -0.39 is 53.3 Å². The minimum Gasteiger partial charge on any atom is -0.481 e. The third-order valence-electron chi connectivity index (χ3n) is 10.4. The molecule has 61 heavy (non-hydrogen) atoms. The molecule has 0 radical (unpaired) electrons. The molecule has 0 saturated carbocycles. The van der Waals surface area contributed by atoms with Crippen LogP contribution in [0.3, 0.4) is 0 Å². The largest absolute Gasteiger partial charge is 0.481 e. The van der Waals surface area contributed by atoms with Gasteiger partial charge < -0.3 is 39.8 Å². The van der Waals surface area contributed by atoms with Crippen LogP contribution in [0.5, 0.6) is 0 Å². The maximum absolute atomic E-state index is 13.3. The number of methoxy groups -OCH3 is 1. The predicted molar refractivity (Wildman–Crippen MR) is 233 cm³/mol. The molecule has 2 aromatic rings. The van der Waals surface area contributed by atoms with Gasteiger partial charge in [0.25, 0.3) is 0 Å². The van der Waals surface area contributed by atoms with Gasteiger partial charge in [0.15, 0.2) is 0 Å². The number of hydrogen-bond donors (Lipinski definition) is 3. The summed E-state index contributed by atoms with van der Waals surface area (Å²) < 4.78 is 15.6. The topological polar surface area (TPSA) is 181 Å². The van der Waals surface area contributed by atoms with Crippen LogP contribution in [-0.4, -0.2) is 107 Å². The Labute approximate surface area is 370 Å². The zero-order valence-electron chi connectivity index (χ0n) is 37.3. The lowest BCUT2D eigenvalue weighted by atomic mass is 9.90. The minimum atomic E-state index is -0.925. The number of aliphatic carboxylic acids is 1. The van der Waals surface area contributed by atoms with Gasteiger partial charge in [-0.2, -0.15) is 0 Å². The highest BCUT2D eigenvalue weighted by Crippen LogP contribution is 2.31. The van der Waals surface area contributed by atoms with Gasteiger partial charge in [0.2, 0.25) is 11.8 Å². The molecule has 338 valence electrons. The van der Waals surface area contributed by atoms with E-state index in [0.29, 0.717) is 36.0 Å². The summed E-state index contributed by atoms with van der Waals surface area (Å²) in [6.07, 6.45) is -0.154. The number of hydrogen-bond acceptors (Lipinski definition) is 9. The number of alkyl carbamates (subject to hydrolysis) is 2. The summed E-state index contributed by atoms with van der Waals surface area (Å²) in [4.78, 5) is 78.3. The molecule has 0 unspecified atom stereocenters. The summed E-state index contributed by atoms with van der Waals surface area (Å²) in [5, 5.41) is 16.3. The number of ether oxygens (including phenoxy) is 3. The first-order chi connectivity index (χ1) is 28.3. The van der Waals surface area contributed by atoms with Crippen LogP contribution >= 0.6 is 23.2 Å². The first-order valence-corrected chi connectivity index (χ1v) is 21.4. The number of benzene rings is 2. The van der Waals surface area contributed by atoms with Crippen molar-refractivity contribution in [1.29, 1.82) is 0 Å². The molecule has 2 aromatic carbocycles. The molecule has 3 N–H and O–H groups in total. The fourth-order valence-electron chi connectivity index (χ4n) is 7.35. The van der Waals surface area contributed by atoms with Crippen molar-refractivity contribution in [3.63, 3.8) is 0 Å². The van der Waals surface area contributed by atoms with Crippen LogP contribution in [0.1, 0.15) is 80.4 Å². The monoisotopic (exact) mass is 890 g/mol. The summed E-state index contributed by atoms with van der Waals surface area (Å²) in [6, 6.07) is 13.2. The highest BCUT2D eigenvalue weighted by atomic mass is 35.5. The highest BCUT2D eigenvalue weighted by molar-refractivity contribution is 6.30. The number of halogens is 2. The summed E-state index contributed by atoms with van der Waals surface area (Å²) in [6.45, 7) is 19.0.